The fraction of sp³-hybridized carbons (Fsp3) is 0.776. The molecule has 0 saturated carbocycles. The summed E-state index contributed by atoms with van der Waals surface area (Å²) in [6, 6.07) is -0.823. The zero-order chi connectivity index (χ0) is 55.0. The Bertz CT molecular complexity index is 1470. The van der Waals surface area contributed by atoms with Gasteiger partial charge in [0.1, 0.15) is 24.4 Å². The number of amides is 1. The first-order chi connectivity index (χ1) is 37.3. The number of hydrogen-bond acceptors (Lipinski definition) is 8. The summed E-state index contributed by atoms with van der Waals surface area (Å²) in [5.74, 6) is -0.185. The molecule has 440 valence electrons. The van der Waals surface area contributed by atoms with Gasteiger partial charge in [-0.05, 0) is 77.0 Å². The second-order valence-corrected chi connectivity index (χ2v) is 21.8. The van der Waals surface area contributed by atoms with Gasteiger partial charge in [0.25, 0.3) is 0 Å². The molecule has 0 bridgehead atoms. The fourth-order valence-corrected chi connectivity index (χ4v) is 9.73. The molecule has 1 rings (SSSR count). The molecule has 76 heavy (non-hydrogen) atoms. The Balaban J connectivity index is 2.10. The molecular weight excluding hydrogens is 947 g/mol. The Morgan fingerprint density at radius 2 is 0.829 bits per heavy atom. The highest BCUT2D eigenvalue weighted by Crippen LogP contribution is 2.23. The van der Waals surface area contributed by atoms with Crippen LogP contribution in [0.25, 0.3) is 0 Å². The van der Waals surface area contributed by atoms with Crippen LogP contribution in [-0.2, 0) is 14.3 Å². The number of aliphatic hydroxyl groups is 5. The van der Waals surface area contributed by atoms with Gasteiger partial charge in [0.2, 0.25) is 5.91 Å². The number of ether oxygens (including phenoxy) is 2. The lowest BCUT2D eigenvalue weighted by molar-refractivity contribution is -0.302. The van der Waals surface area contributed by atoms with Crippen molar-refractivity contribution in [3.05, 3.63) is 85.1 Å². The number of unbranched alkanes of at least 4 members (excludes halogenated alkanes) is 32. The van der Waals surface area contributed by atoms with E-state index in [4.69, 9.17) is 9.47 Å². The van der Waals surface area contributed by atoms with Crippen LogP contribution in [0.4, 0.5) is 0 Å². The van der Waals surface area contributed by atoms with Gasteiger partial charge in [0.15, 0.2) is 6.29 Å². The Morgan fingerprint density at radius 3 is 1.26 bits per heavy atom. The maximum atomic E-state index is 13.1. The molecule has 7 atom stereocenters. The molecule has 9 heteroatoms. The summed E-state index contributed by atoms with van der Waals surface area (Å²) >= 11 is 0. The Hall–Kier alpha value is -2.63. The first kappa shape index (κ1) is 71.4. The third-order valence-corrected chi connectivity index (χ3v) is 14.7. The van der Waals surface area contributed by atoms with Gasteiger partial charge in [0.05, 0.1) is 25.4 Å². The molecule has 0 spiro atoms. The van der Waals surface area contributed by atoms with Crippen LogP contribution in [0.1, 0.15) is 277 Å². The van der Waals surface area contributed by atoms with Gasteiger partial charge in [-0.15, -0.1) is 0 Å². The number of nitrogens with one attached hydrogen (secondary N) is 1. The van der Waals surface area contributed by atoms with Gasteiger partial charge in [-0.25, -0.2) is 0 Å². The van der Waals surface area contributed by atoms with Crippen LogP contribution >= 0.6 is 0 Å². The van der Waals surface area contributed by atoms with Crippen LogP contribution in [0.15, 0.2) is 85.1 Å². The second-order valence-electron chi connectivity index (χ2n) is 21.8. The van der Waals surface area contributed by atoms with Crippen LogP contribution in [0.2, 0.25) is 0 Å². The van der Waals surface area contributed by atoms with Crippen molar-refractivity contribution < 1.29 is 39.8 Å². The van der Waals surface area contributed by atoms with Crippen molar-refractivity contribution in [2.75, 3.05) is 13.2 Å². The predicted molar refractivity (Wildman–Crippen MR) is 322 cm³/mol. The third kappa shape index (κ3) is 44.2. The number of hydrogen-bond donors (Lipinski definition) is 6. The van der Waals surface area contributed by atoms with Crippen molar-refractivity contribution in [2.24, 2.45) is 0 Å². The van der Waals surface area contributed by atoms with Crippen LogP contribution < -0.4 is 5.32 Å². The van der Waals surface area contributed by atoms with Crippen LogP contribution in [0.5, 0.6) is 0 Å². The Morgan fingerprint density at radius 1 is 0.461 bits per heavy atom. The molecule has 1 aliphatic heterocycles. The lowest BCUT2D eigenvalue weighted by Gasteiger charge is -2.40. The van der Waals surface area contributed by atoms with E-state index in [1.807, 2.05) is 6.08 Å². The first-order valence-electron chi connectivity index (χ1n) is 31.8. The summed E-state index contributed by atoms with van der Waals surface area (Å²) < 4.78 is 11.3. The smallest absolute Gasteiger partial charge is 0.220 e. The molecule has 0 aromatic rings. The molecule has 0 aromatic heterocycles. The van der Waals surface area contributed by atoms with Gasteiger partial charge in [0, 0.05) is 6.42 Å². The van der Waals surface area contributed by atoms with Gasteiger partial charge >= 0.3 is 0 Å². The minimum Gasteiger partial charge on any atom is -0.394 e. The maximum absolute atomic E-state index is 13.1. The predicted octanol–water partition coefficient (Wildman–Crippen LogP) is 16.6. The number of rotatable bonds is 54. The molecule has 1 saturated heterocycles. The first-order valence-corrected chi connectivity index (χ1v) is 31.8. The van der Waals surface area contributed by atoms with E-state index in [1.54, 1.807) is 6.08 Å². The average Bonchev–Trinajstić information content (AvgIpc) is 3.42. The van der Waals surface area contributed by atoms with Gasteiger partial charge in [-0.2, -0.15) is 0 Å². The largest absolute Gasteiger partial charge is 0.394 e. The normalized spacial score (nSPS) is 19.4. The minimum absolute atomic E-state index is 0.185. The molecule has 7 unspecified atom stereocenters. The molecule has 1 amide bonds. The van der Waals surface area contributed by atoms with E-state index in [9.17, 15) is 30.3 Å². The van der Waals surface area contributed by atoms with Gasteiger partial charge in [-0.3, -0.25) is 4.79 Å². The van der Waals surface area contributed by atoms with E-state index in [2.05, 4.69) is 92.1 Å². The highest BCUT2D eigenvalue weighted by molar-refractivity contribution is 5.76. The molecule has 0 radical (unpaired) electrons. The van der Waals surface area contributed by atoms with Crippen LogP contribution in [0, 0.1) is 0 Å². The summed E-state index contributed by atoms with van der Waals surface area (Å²) in [6.45, 7) is 3.66. The van der Waals surface area contributed by atoms with Crippen molar-refractivity contribution in [2.45, 2.75) is 320 Å². The number of aliphatic hydroxyl groups excluding tert-OH is 5. The summed E-state index contributed by atoms with van der Waals surface area (Å²) in [5.41, 5.74) is 0. The molecule has 1 aliphatic rings. The fourth-order valence-electron chi connectivity index (χ4n) is 9.73. The Kier molecular flexibility index (Phi) is 52.3. The van der Waals surface area contributed by atoms with Crippen molar-refractivity contribution in [1.29, 1.82) is 0 Å². The monoisotopic (exact) mass is 1070 g/mol. The van der Waals surface area contributed by atoms with Crippen LogP contribution in [-0.4, -0.2) is 87.5 Å². The summed E-state index contributed by atoms with van der Waals surface area (Å²) in [6.07, 6.45) is 72.5. The molecule has 9 nitrogen and oxygen atoms in total. The highest BCUT2D eigenvalue weighted by Gasteiger charge is 2.44. The van der Waals surface area contributed by atoms with Crippen molar-refractivity contribution in [1.82, 2.24) is 5.32 Å². The lowest BCUT2D eigenvalue weighted by Crippen LogP contribution is -2.60. The SMILES string of the molecule is CC/C=C\C/C=C\C/C=C\C/C=C\C/C=C\CCCCCCCCCCCCCCCCCCCCCCCC(=O)NC(COC1OC(CO)C(O)C(O)C1O)C(O)/C=C/CC/C=C/CCCCCCCCCCCC. The quantitative estimate of drug-likeness (QED) is 0.0261. The lowest BCUT2D eigenvalue weighted by atomic mass is 9.99. The molecule has 1 fully saturated rings. The minimum atomic E-state index is -1.57. The van der Waals surface area contributed by atoms with E-state index in [0.717, 1.165) is 70.6 Å². The average molecular weight is 1070 g/mol. The zero-order valence-corrected chi connectivity index (χ0v) is 49.0. The number of allylic oxidation sites excluding steroid dienone is 13. The molecular formula is C67H119NO8. The standard InChI is InChI=1S/C67H119NO8/c1-3-5-7-9-11-13-15-17-19-21-22-23-24-25-26-27-28-29-30-31-32-33-34-35-36-37-38-39-40-41-43-45-47-49-51-53-55-57-63(71)68-60(59-75-67-66(74)65(73)64(72)62(58-69)76-67)61(70)56-54-52-50-48-46-44-42-20-18-16-14-12-10-8-6-4-2/h5,7,11,13,17,19,22-23,25-26,46,48,54,56,60-62,64-67,69-70,72-74H,3-4,6,8-10,12,14-16,18,20-21,24,27-45,47,49-53,55,57-59H2,1-2H3,(H,68,71)/b7-5-,13-11-,19-17-,23-22-,26-25-,48-46+,56-54+. The van der Waals surface area contributed by atoms with Crippen molar-refractivity contribution >= 4 is 5.91 Å². The van der Waals surface area contributed by atoms with Gasteiger partial charge < -0.3 is 40.3 Å². The third-order valence-electron chi connectivity index (χ3n) is 14.7. The summed E-state index contributed by atoms with van der Waals surface area (Å²) in [4.78, 5) is 13.1. The molecule has 0 aromatic carbocycles. The van der Waals surface area contributed by atoms with Crippen molar-refractivity contribution in [3.63, 3.8) is 0 Å². The van der Waals surface area contributed by atoms with Crippen LogP contribution in [0.3, 0.4) is 0 Å². The topological polar surface area (TPSA) is 149 Å². The van der Waals surface area contributed by atoms with E-state index < -0.39 is 49.5 Å². The molecule has 0 aliphatic carbocycles. The Labute approximate surface area is 467 Å². The number of carbonyl (C=O) groups is 1. The zero-order valence-electron chi connectivity index (χ0n) is 49.0. The van der Waals surface area contributed by atoms with E-state index in [0.29, 0.717) is 6.42 Å². The van der Waals surface area contributed by atoms with E-state index in [-0.39, 0.29) is 12.5 Å². The maximum Gasteiger partial charge on any atom is 0.220 e. The van der Waals surface area contributed by atoms with Crippen molar-refractivity contribution in [3.8, 4) is 0 Å². The van der Waals surface area contributed by atoms with E-state index in [1.165, 1.54) is 186 Å². The summed E-state index contributed by atoms with van der Waals surface area (Å²) in [7, 11) is 0. The second kappa shape index (κ2) is 55.7. The highest BCUT2D eigenvalue weighted by atomic mass is 16.7. The van der Waals surface area contributed by atoms with Gasteiger partial charge in [-0.1, -0.05) is 279 Å². The molecule has 6 N–H and O–H groups in total. The molecule has 1 heterocycles. The summed E-state index contributed by atoms with van der Waals surface area (Å²) in [5, 5.41) is 54.5. The number of carbonyl (C=O) groups excluding carboxylic acids is 1. The van der Waals surface area contributed by atoms with E-state index >= 15 is 0 Å².